The van der Waals surface area contributed by atoms with Gasteiger partial charge in [0, 0.05) is 6.61 Å². The summed E-state index contributed by atoms with van der Waals surface area (Å²) in [4.78, 5) is 20.5. The Bertz CT molecular complexity index is 180. The van der Waals surface area contributed by atoms with E-state index in [0.29, 0.717) is 13.2 Å². The maximum atomic E-state index is 10.5. The summed E-state index contributed by atoms with van der Waals surface area (Å²) >= 11 is 0. The van der Waals surface area contributed by atoms with Crippen LogP contribution in [0.5, 0.6) is 0 Å². The van der Waals surface area contributed by atoms with Crippen LogP contribution in [0.15, 0.2) is 0 Å². The Morgan fingerprint density at radius 1 is 1.12 bits per heavy atom. The second-order valence-electron chi connectivity index (χ2n) is 2.49. The predicted molar refractivity (Wildman–Crippen MR) is 56.8 cm³/mol. The lowest BCUT2D eigenvalue weighted by atomic mass is 10.5. The van der Waals surface area contributed by atoms with E-state index in [-0.39, 0.29) is 31.6 Å². The third kappa shape index (κ3) is 15.3. The molecule has 96 valence electrons. The Kier molecular flexibility index (Phi) is 15.0. The summed E-state index contributed by atoms with van der Waals surface area (Å²) in [5.74, 6) is -0.665. The minimum atomic E-state index is -0.373. The third-order valence-electron chi connectivity index (χ3n) is 1.27. The number of esters is 2. The number of carbonyl (C=O) groups is 2. The van der Waals surface area contributed by atoms with Crippen LogP contribution >= 0.6 is 0 Å². The van der Waals surface area contributed by atoms with Gasteiger partial charge in [-0.3, -0.25) is 4.79 Å². The lowest BCUT2D eigenvalue weighted by Gasteiger charge is -1.99. The molecule has 0 unspecified atom stereocenters. The number of hydrogen-bond acceptors (Lipinski definition) is 6. The first kappa shape index (κ1) is 17.3. The maximum absolute atomic E-state index is 10.5. The van der Waals surface area contributed by atoms with Crippen molar-refractivity contribution in [3.05, 3.63) is 0 Å². The third-order valence-corrected chi connectivity index (χ3v) is 1.27. The predicted octanol–water partition coefficient (Wildman–Crippen LogP) is 0.128. The number of aliphatic hydroxyl groups is 1. The minimum absolute atomic E-state index is 0.0737. The van der Waals surface area contributed by atoms with Crippen LogP contribution in [0.4, 0.5) is 0 Å². The van der Waals surface area contributed by atoms with Crippen molar-refractivity contribution in [3.63, 3.8) is 0 Å². The topological polar surface area (TPSA) is 82.1 Å². The van der Waals surface area contributed by atoms with Crippen molar-refractivity contribution in [2.75, 3.05) is 33.5 Å². The highest BCUT2D eigenvalue weighted by atomic mass is 16.6. The normalized spacial score (nSPS) is 8.75. The fraction of sp³-hybridized carbons (Fsp3) is 0.800. The summed E-state index contributed by atoms with van der Waals surface area (Å²) in [7, 11) is 1.29. The average molecular weight is 236 g/mol. The average Bonchev–Trinajstić information content (AvgIpc) is 2.28. The molecule has 0 aliphatic heterocycles. The lowest BCUT2D eigenvalue weighted by molar-refractivity contribution is -0.148. The zero-order valence-corrected chi connectivity index (χ0v) is 10.0. The Morgan fingerprint density at radius 2 is 1.75 bits per heavy atom. The first-order chi connectivity index (χ1) is 7.62. The molecule has 6 heteroatoms. The van der Waals surface area contributed by atoms with Crippen molar-refractivity contribution in [2.45, 2.75) is 20.3 Å². The molecule has 0 heterocycles. The summed E-state index contributed by atoms with van der Waals surface area (Å²) in [6.45, 7) is 4.52. The van der Waals surface area contributed by atoms with E-state index >= 15 is 0 Å². The van der Waals surface area contributed by atoms with Gasteiger partial charge in [0.15, 0.2) is 0 Å². The highest BCUT2D eigenvalue weighted by Crippen LogP contribution is 1.79. The van der Waals surface area contributed by atoms with Crippen LogP contribution in [0.25, 0.3) is 0 Å². The van der Waals surface area contributed by atoms with E-state index < -0.39 is 0 Å². The molecule has 0 aromatic heterocycles. The molecule has 0 rings (SSSR count). The van der Waals surface area contributed by atoms with Gasteiger partial charge in [-0.25, -0.2) is 4.79 Å². The summed E-state index contributed by atoms with van der Waals surface area (Å²) in [6.07, 6.45) is 0.0938. The molecule has 0 aromatic carbocycles. The number of ether oxygens (including phenoxy) is 3. The fourth-order valence-electron chi connectivity index (χ4n) is 0.581. The van der Waals surface area contributed by atoms with Crippen LogP contribution < -0.4 is 0 Å². The van der Waals surface area contributed by atoms with Gasteiger partial charge in [0.05, 0.1) is 26.7 Å². The molecule has 0 aliphatic rings. The monoisotopic (exact) mass is 236 g/mol. The highest BCUT2D eigenvalue weighted by molar-refractivity contribution is 5.70. The van der Waals surface area contributed by atoms with E-state index in [4.69, 9.17) is 9.84 Å². The van der Waals surface area contributed by atoms with E-state index in [0.717, 1.165) is 0 Å². The van der Waals surface area contributed by atoms with E-state index in [1.165, 1.54) is 7.11 Å². The van der Waals surface area contributed by atoms with Gasteiger partial charge in [-0.15, -0.1) is 0 Å². The number of methoxy groups -OCH3 is 1. The smallest absolute Gasteiger partial charge is 0.332 e. The molecule has 0 saturated heterocycles. The SMILES string of the molecule is CCOCC(=O)OCC.COC(=O)CCO. The van der Waals surface area contributed by atoms with Gasteiger partial charge in [0.2, 0.25) is 0 Å². The highest BCUT2D eigenvalue weighted by Gasteiger charge is 1.97. The van der Waals surface area contributed by atoms with E-state index in [2.05, 4.69) is 9.47 Å². The summed E-state index contributed by atoms with van der Waals surface area (Å²) in [5, 5.41) is 8.07. The molecule has 0 spiro atoms. The van der Waals surface area contributed by atoms with Crippen LogP contribution in [0.2, 0.25) is 0 Å². The molecule has 6 nitrogen and oxygen atoms in total. The molecule has 16 heavy (non-hydrogen) atoms. The molecular weight excluding hydrogens is 216 g/mol. The van der Waals surface area contributed by atoms with Crippen molar-refractivity contribution >= 4 is 11.9 Å². The van der Waals surface area contributed by atoms with Crippen molar-refractivity contribution in [1.29, 1.82) is 0 Å². The van der Waals surface area contributed by atoms with Crippen LogP contribution in [-0.2, 0) is 23.8 Å². The second-order valence-corrected chi connectivity index (χ2v) is 2.49. The number of carbonyl (C=O) groups excluding carboxylic acids is 2. The molecule has 0 radical (unpaired) electrons. The van der Waals surface area contributed by atoms with Crippen molar-refractivity contribution < 1.29 is 28.9 Å². The van der Waals surface area contributed by atoms with Gasteiger partial charge in [-0.1, -0.05) is 0 Å². The van der Waals surface area contributed by atoms with Crippen LogP contribution in [-0.4, -0.2) is 50.6 Å². The first-order valence-corrected chi connectivity index (χ1v) is 5.03. The first-order valence-electron chi connectivity index (χ1n) is 5.03. The number of hydrogen-bond donors (Lipinski definition) is 1. The van der Waals surface area contributed by atoms with Gasteiger partial charge < -0.3 is 19.3 Å². The number of rotatable bonds is 6. The Labute approximate surface area is 95.5 Å². The maximum Gasteiger partial charge on any atom is 0.332 e. The molecule has 0 saturated carbocycles. The largest absolute Gasteiger partial charge is 0.469 e. The van der Waals surface area contributed by atoms with Crippen molar-refractivity contribution in [3.8, 4) is 0 Å². The zero-order chi connectivity index (χ0) is 12.8. The Morgan fingerprint density at radius 3 is 2.06 bits per heavy atom. The van der Waals surface area contributed by atoms with Gasteiger partial charge in [-0.05, 0) is 13.8 Å². The fourth-order valence-corrected chi connectivity index (χ4v) is 0.581. The molecule has 0 aliphatic carbocycles. The van der Waals surface area contributed by atoms with Crippen LogP contribution in [0.3, 0.4) is 0 Å². The van der Waals surface area contributed by atoms with Crippen molar-refractivity contribution in [2.24, 2.45) is 0 Å². The Balaban J connectivity index is 0. The van der Waals surface area contributed by atoms with Gasteiger partial charge in [-0.2, -0.15) is 0 Å². The molecular formula is C10H20O6. The molecule has 1 N–H and O–H groups in total. The molecule has 0 fully saturated rings. The Hall–Kier alpha value is -1.14. The molecule has 0 aromatic rings. The van der Waals surface area contributed by atoms with Crippen LogP contribution in [0, 0.1) is 0 Å². The summed E-state index contributed by atoms with van der Waals surface area (Å²) < 4.78 is 13.5. The minimum Gasteiger partial charge on any atom is -0.469 e. The van der Waals surface area contributed by atoms with E-state index in [1.54, 1.807) is 6.92 Å². The van der Waals surface area contributed by atoms with Gasteiger partial charge in [0.25, 0.3) is 0 Å². The zero-order valence-electron chi connectivity index (χ0n) is 10.0. The van der Waals surface area contributed by atoms with E-state index in [1.807, 2.05) is 6.92 Å². The van der Waals surface area contributed by atoms with E-state index in [9.17, 15) is 9.59 Å². The quantitative estimate of drug-likeness (QED) is 0.660. The molecule has 0 bridgehead atoms. The van der Waals surface area contributed by atoms with Crippen molar-refractivity contribution in [1.82, 2.24) is 0 Å². The van der Waals surface area contributed by atoms with Crippen LogP contribution in [0.1, 0.15) is 20.3 Å². The summed E-state index contributed by atoms with van der Waals surface area (Å²) in [6, 6.07) is 0. The molecule has 0 amide bonds. The second kappa shape index (κ2) is 13.9. The number of aliphatic hydroxyl groups excluding tert-OH is 1. The van der Waals surface area contributed by atoms with Gasteiger partial charge in [0.1, 0.15) is 6.61 Å². The molecule has 0 atom stereocenters. The summed E-state index contributed by atoms with van der Waals surface area (Å²) in [5.41, 5.74) is 0. The lowest BCUT2D eigenvalue weighted by Crippen LogP contribution is -2.11. The standard InChI is InChI=1S/C6H12O3.C4H8O3/c1-3-8-5-6(7)9-4-2;1-7-4(6)2-3-5/h3-5H2,1-2H3;5H,2-3H2,1H3. The van der Waals surface area contributed by atoms with Gasteiger partial charge >= 0.3 is 11.9 Å².